The van der Waals surface area contributed by atoms with E-state index in [1.165, 1.54) is 6.92 Å². The van der Waals surface area contributed by atoms with Crippen LogP contribution in [-0.2, 0) is 0 Å². The first-order valence-electron chi connectivity index (χ1n) is 6.17. The van der Waals surface area contributed by atoms with Crippen molar-refractivity contribution in [3.05, 3.63) is 30.1 Å². The van der Waals surface area contributed by atoms with E-state index in [0.29, 0.717) is 22.8 Å². The van der Waals surface area contributed by atoms with Crippen LogP contribution < -0.4 is 0 Å². The number of aromatic nitrogens is 6. The van der Waals surface area contributed by atoms with Crippen LogP contribution in [0.3, 0.4) is 0 Å². The fourth-order valence-electron chi connectivity index (χ4n) is 2.59. The molecule has 1 aromatic carbocycles. The smallest absolute Gasteiger partial charge is 0.274 e. The molecule has 0 saturated carbocycles. The molecule has 0 aliphatic heterocycles. The summed E-state index contributed by atoms with van der Waals surface area (Å²) in [5, 5.41) is 17.1. The summed E-state index contributed by atoms with van der Waals surface area (Å²) in [5.74, 6) is 0.976. The van der Waals surface area contributed by atoms with E-state index < -0.39 is 0 Å². The highest BCUT2D eigenvalue weighted by Gasteiger charge is 2.19. The van der Waals surface area contributed by atoms with E-state index in [0.717, 1.165) is 10.9 Å². The van der Waals surface area contributed by atoms with Crippen LogP contribution in [0.1, 0.15) is 17.5 Å². The van der Waals surface area contributed by atoms with Gasteiger partial charge in [-0.2, -0.15) is 0 Å². The Bertz CT molecular complexity index is 996. The Morgan fingerprint density at radius 3 is 2.65 bits per heavy atom. The second-order valence-electron chi connectivity index (χ2n) is 4.63. The molecular weight excluding hydrogens is 256 g/mol. The molecule has 3 heterocycles. The molecule has 20 heavy (non-hydrogen) atoms. The zero-order valence-electron chi connectivity index (χ0n) is 10.9. The van der Waals surface area contributed by atoms with Gasteiger partial charge >= 0.3 is 0 Å². The first kappa shape index (κ1) is 11.0. The van der Waals surface area contributed by atoms with Crippen molar-refractivity contribution in [3.63, 3.8) is 0 Å². The third-order valence-corrected chi connectivity index (χ3v) is 3.40. The predicted octanol–water partition coefficient (Wildman–Crippen LogP) is 1.60. The van der Waals surface area contributed by atoms with Gasteiger partial charge in [-0.25, -0.2) is 4.40 Å². The molecule has 0 amide bonds. The zero-order chi connectivity index (χ0) is 13.9. The summed E-state index contributed by atoms with van der Waals surface area (Å²) >= 11 is 0. The topological polar surface area (TPSA) is 78.0 Å². The summed E-state index contributed by atoms with van der Waals surface area (Å²) in [6, 6.07) is 7.63. The van der Waals surface area contributed by atoms with Crippen LogP contribution in [0.25, 0.3) is 27.8 Å². The van der Waals surface area contributed by atoms with Gasteiger partial charge in [0.05, 0.1) is 5.52 Å². The molecule has 0 bridgehead atoms. The fourth-order valence-corrected chi connectivity index (χ4v) is 2.59. The van der Waals surface area contributed by atoms with E-state index in [4.69, 9.17) is 0 Å². The van der Waals surface area contributed by atoms with Gasteiger partial charge in [0.25, 0.3) is 5.78 Å². The van der Waals surface area contributed by atoms with Crippen LogP contribution in [0.2, 0.25) is 0 Å². The molecule has 98 valence electrons. The molecule has 0 spiro atoms. The molecule has 0 aliphatic carbocycles. The van der Waals surface area contributed by atoms with Crippen molar-refractivity contribution in [2.75, 3.05) is 0 Å². The molecule has 7 nitrogen and oxygen atoms in total. The highest BCUT2D eigenvalue weighted by Crippen LogP contribution is 2.27. The van der Waals surface area contributed by atoms with Gasteiger partial charge < -0.3 is 0 Å². The van der Waals surface area contributed by atoms with E-state index in [1.54, 1.807) is 8.97 Å². The number of benzene rings is 1. The maximum absolute atomic E-state index is 12.1. The van der Waals surface area contributed by atoms with Crippen molar-refractivity contribution in [1.29, 1.82) is 0 Å². The number of fused-ring (bicyclic) bond motifs is 5. The fraction of sp³-hybridized carbons (Fsp3) is 0.154. The first-order chi connectivity index (χ1) is 9.68. The van der Waals surface area contributed by atoms with Crippen LogP contribution >= 0.6 is 0 Å². The molecule has 0 saturated heterocycles. The van der Waals surface area contributed by atoms with Crippen molar-refractivity contribution >= 4 is 33.8 Å². The lowest BCUT2D eigenvalue weighted by atomic mass is 10.2. The summed E-state index contributed by atoms with van der Waals surface area (Å²) < 4.78 is 3.38. The summed E-state index contributed by atoms with van der Waals surface area (Å²) in [5.41, 5.74) is 2.14. The Morgan fingerprint density at radius 1 is 1.10 bits per heavy atom. The van der Waals surface area contributed by atoms with Crippen molar-refractivity contribution in [1.82, 2.24) is 29.4 Å². The van der Waals surface area contributed by atoms with E-state index >= 15 is 0 Å². The van der Waals surface area contributed by atoms with Crippen molar-refractivity contribution in [2.45, 2.75) is 13.8 Å². The molecule has 4 aromatic rings. The predicted molar refractivity (Wildman–Crippen MR) is 72.6 cm³/mol. The largest absolute Gasteiger partial charge is 0.275 e. The zero-order valence-corrected chi connectivity index (χ0v) is 10.9. The molecule has 0 atom stereocenters. The van der Waals surface area contributed by atoms with E-state index in [-0.39, 0.29) is 5.91 Å². The van der Waals surface area contributed by atoms with Crippen LogP contribution in [0.15, 0.2) is 24.3 Å². The lowest BCUT2D eigenvalue weighted by molar-refractivity contribution is 0.0945. The molecule has 0 fully saturated rings. The third-order valence-electron chi connectivity index (χ3n) is 3.40. The van der Waals surface area contributed by atoms with Gasteiger partial charge in [0, 0.05) is 12.3 Å². The Hall–Kier alpha value is -2.83. The number of hydrogen-bond acceptors (Lipinski definition) is 5. The van der Waals surface area contributed by atoms with Crippen LogP contribution in [0, 0.1) is 6.92 Å². The van der Waals surface area contributed by atoms with E-state index in [1.807, 2.05) is 31.2 Å². The third kappa shape index (κ3) is 1.21. The maximum atomic E-state index is 12.1. The van der Waals surface area contributed by atoms with Crippen molar-refractivity contribution in [2.24, 2.45) is 0 Å². The van der Waals surface area contributed by atoms with Gasteiger partial charge in [0.2, 0.25) is 5.91 Å². The number of para-hydroxylation sites is 1. The number of aryl methyl sites for hydroxylation is 1. The van der Waals surface area contributed by atoms with Crippen LogP contribution in [0.4, 0.5) is 0 Å². The number of hydrogen-bond donors (Lipinski definition) is 0. The molecule has 0 N–H and O–H groups in total. The average Bonchev–Trinajstić information content (AvgIpc) is 2.97. The molecule has 4 rings (SSSR count). The Balaban J connectivity index is 2.42. The molecule has 0 aliphatic rings. The molecule has 0 radical (unpaired) electrons. The number of carbonyl (C=O) groups is 1. The summed E-state index contributed by atoms with van der Waals surface area (Å²) in [6.45, 7) is 3.35. The van der Waals surface area contributed by atoms with Gasteiger partial charge in [-0.05, 0) is 13.0 Å². The SMILES string of the molecule is CC(=O)n1c2ccccc2c2nnc3nnc(C)n3c21. The average molecular weight is 266 g/mol. The number of nitrogens with zero attached hydrogens (tertiary/aromatic N) is 6. The summed E-state index contributed by atoms with van der Waals surface area (Å²) in [6.07, 6.45) is 0. The van der Waals surface area contributed by atoms with Crippen molar-refractivity contribution < 1.29 is 4.79 Å². The Labute approximate surface area is 112 Å². The lowest BCUT2D eigenvalue weighted by Crippen LogP contribution is -2.09. The number of carbonyl (C=O) groups excluding carboxylic acids is 1. The highest BCUT2D eigenvalue weighted by atomic mass is 16.1. The van der Waals surface area contributed by atoms with Gasteiger partial charge in [-0.1, -0.05) is 18.2 Å². The normalized spacial score (nSPS) is 11.7. The van der Waals surface area contributed by atoms with Gasteiger partial charge in [0.1, 0.15) is 11.3 Å². The first-order valence-corrected chi connectivity index (χ1v) is 6.17. The Morgan fingerprint density at radius 2 is 1.85 bits per heavy atom. The second kappa shape index (κ2) is 3.60. The summed E-state index contributed by atoms with van der Waals surface area (Å²) in [4.78, 5) is 12.1. The second-order valence-corrected chi connectivity index (χ2v) is 4.63. The van der Waals surface area contributed by atoms with Crippen molar-refractivity contribution in [3.8, 4) is 0 Å². The van der Waals surface area contributed by atoms with Gasteiger partial charge in [-0.3, -0.25) is 9.36 Å². The minimum atomic E-state index is -0.0846. The molecule has 7 heteroatoms. The summed E-state index contributed by atoms with van der Waals surface area (Å²) in [7, 11) is 0. The minimum absolute atomic E-state index is 0.0846. The lowest BCUT2D eigenvalue weighted by Gasteiger charge is -2.03. The monoisotopic (exact) mass is 266 g/mol. The quantitative estimate of drug-likeness (QED) is 0.483. The van der Waals surface area contributed by atoms with E-state index in [2.05, 4.69) is 20.4 Å². The van der Waals surface area contributed by atoms with Gasteiger partial charge in [-0.15, -0.1) is 20.4 Å². The number of rotatable bonds is 0. The van der Waals surface area contributed by atoms with E-state index in [9.17, 15) is 4.79 Å². The minimum Gasteiger partial charge on any atom is -0.274 e. The van der Waals surface area contributed by atoms with Crippen LogP contribution in [0.5, 0.6) is 0 Å². The molecular formula is C13H10N6O. The highest BCUT2D eigenvalue weighted by molar-refractivity contribution is 6.10. The van der Waals surface area contributed by atoms with Crippen LogP contribution in [-0.4, -0.2) is 35.3 Å². The maximum Gasteiger partial charge on any atom is 0.275 e. The Kier molecular flexibility index (Phi) is 1.98. The standard InChI is InChI=1S/C13H10N6O/c1-7-14-16-13-17-15-11-9-5-3-4-6-10(9)19(8(2)20)12(11)18(7)13/h3-6H,1-2H3. The molecule has 0 unspecified atom stereocenters. The van der Waals surface area contributed by atoms with Gasteiger partial charge in [0.15, 0.2) is 5.65 Å². The molecule has 3 aromatic heterocycles.